The van der Waals surface area contributed by atoms with Gasteiger partial charge in [0, 0.05) is 25.4 Å². The number of benzene rings is 2. The minimum atomic E-state index is -5.05. The highest BCUT2D eigenvalue weighted by Gasteiger charge is 2.41. The number of carbonyl (C=O) groups excluding carboxylic acids is 2. The number of esters is 1. The molecule has 3 rings (SSSR count). The van der Waals surface area contributed by atoms with Gasteiger partial charge in [0.05, 0.1) is 17.7 Å². The monoisotopic (exact) mass is 589 g/mol. The van der Waals surface area contributed by atoms with Gasteiger partial charge in [-0.05, 0) is 62.9 Å². The van der Waals surface area contributed by atoms with E-state index in [9.17, 15) is 35.9 Å². The lowest BCUT2D eigenvalue weighted by Crippen LogP contribution is -2.48. The first kappa shape index (κ1) is 32.2. The Morgan fingerprint density at radius 3 is 1.90 bits per heavy atom. The zero-order valence-electron chi connectivity index (χ0n) is 23.2. The number of amides is 1. The highest BCUT2D eigenvalue weighted by atomic mass is 19.4. The lowest BCUT2D eigenvalue weighted by Gasteiger charge is -2.43. The molecular formula is C29H33F6NO5. The molecule has 2 aromatic carbocycles. The second-order valence-corrected chi connectivity index (χ2v) is 11.1. The summed E-state index contributed by atoms with van der Waals surface area (Å²) in [5.74, 6) is -0.773. The Morgan fingerprint density at radius 2 is 1.44 bits per heavy atom. The summed E-state index contributed by atoms with van der Waals surface area (Å²) in [6.07, 6.45) is -11.3. The normalized spacial score (nSPS) is 16.7. The van der Waals surface area contributed by atoms with Gasteiger partial charge < -0.3 is 19.1 Å². The fourth-order valence-corrected chi connectivity index (χ4v) is 4.61. The molecule has 1 saturated heterocycles. The summed E-state index contributed by atoms with van der Waals surface area (Å²) < 4.78 is 97.7. The topological polar surface area (TPSA) is 65.1 Å². The number of piperidine rings is 1. The SMILES string of the molecule is CC(=O)OCC(OCC1(c2ccccc2)CCN(C(=O)OC(C)(C)C)CC1)c1cc(C(F)(F)F)cc(C(F)(F)F)c1. The number of likely N-dealkylation sites (tertiary alicyclic amines) is 1. The lowest BCUT2D eigenvalue weighted by atomic mass is 9.73. The molecule has 41 heavy (non-hydrogen) atoms. The summed E-state index contributed by atoms with van der Waals surface area (Å²) in [5, 5.41) is 0. The minimum absolute atomic E-state index is 0.0320. The van der Waals surface area contributed by atoms with Gasteiger partial charge in [0.15, 0.2) is 0 Å². The van der Waals surface area contributed by atoms with E-state index in [0.29, 0.717) is 25.0 Å². The third-order valence-corrected chi connectivity index (χ3v) is 6.74. The van der Waals surface area contributed by atoms with E-state index >= 15 is 0 Å². The van der Waals surface area contributed by atoms with Crippen LogP contribution in [0.15, 0.2) is 48.5 Å². The lowest BCUT2D eigenvalue weighted by molar-refractivity contribution is -0.148. The van der Waals surface area contributed by atoms with Gasteiger partial charge in [-0.2, -0.15) is 26.3 Å². The highest BCUT2D eigenvalue weighted by Crippen LogP contribution is 2.40. The average Bonchev–Trinajstić information content (AvgIpc) is 2.87. The van der Waals surface area contributed by atoms with Gasteiger partial charge in [0.2, 0.25) is 0 Å². The van der Waals surface area contributed by atoms with Crippen molar-refractivity contribution in [2.45, 2.75) is 70.0 Å². The summed E-state index contributed by atoms with van der Waals surface area (Å²) in [5.41, 5.74) is -4.02. The Kier molecular flexibility index (Phi) is 9.67. The van der Waals surface area contributed by atoms with Crippen molar-refractivity contribution in [2.75, 3.05) is 26.3 Å². The molecule has 0 radical (unpaired) electrons. The van der Waals surface area contributed by atoms with Crippen LogP contribution in [-0.2, 0) is 36.8 Å². The molecule has 1 atom stereocenters. The maximum atomic E-state index is 13.5. The second kappa shape index (κ2) is 12.3. The van der Waals surface area contributed by atoms with Crippen molar-refractivity contribution in [3.05, 3.63) is 70.8 Å². The largest absolute Gasteiger partial charge is 0.463 e. The number of halogens is 6. The number of alkyl halides is 6. The maximum Gasteiger partial charge on any atom is 0.416 e. The molecule has 6 nitrogen and oxygen atoms in total. The van der Waals surface area contributed by atoms with Gasteiger partial charge in [-0.3, -0.25) is 4.79 Å². The Hall–Kier alpha value is -3.28. The van der Waals surface area contributed by atoms with Gasteiger partial charge in [-0.25, -0.2) is 4.79 Å². The summed E-state index contributed by atoms with van der Waals surface area (Å²) in [6.45, 7) is 6.16. The standard InChI is InChI=1S/C29H33F6NO5/c1-19(37)39-17-24(20-14-22(28(30,31)32)16-23(15-20)29(33,34)35)40-18-27(21-8-6-5-7-9-21)10-12-36(13-11-27)25(38)41-26(2,3)4/h5-9,14-16,24H,10-13,17-18H2,1-4H3. The molecule has 226 valence electrons. The van der Waals surface area contributed by atoms with Crippen molar-refractivity contribution in [1.29, 1.82) is 0 Å². The first-order valence-corrected chi connectivity index (χ1v) is 13.0. The summed E-state index contributed by atoms with van der Waals surface area (Å²) in [6, 6.07) is 10.3. The molecule has 1 aliphatic heterocycles. The molecule has 0 bridgehead atoms. The average molecular weight is 590 g/mol. The molecule has 0 aromatic heterocycles. The Bertz CT molecular complexity index is 1170. The van der Waals surface area contributed by atoms with Crippen LogP contribution in [0.4, 0.5) is 31.1 Å². The first-order chi connectivity index (χ1) is 18.9. The molecule has 0 spiro atoms. The Balaban J connectivity index is 1.94. The van der Waals surface area contributed by atoms with E-state index in [1.165, 1.54) is 0 Å². The third-order valence-electron chi connectivity index (χ3n) is 6.74. The van der Waals surface area contributed by atoms with Crippen molar-refractivity contribution in [2.24, 2.45) is 0 Å². The quantitative estimate of drug-likeness (QED) is 0.250. The summed E-state index contributed by atoms with van der Waals surface area (Å²) in [7, 11) is 0. The van der Waals surface area contributed by atoms with Crippen molar-refractivity contribution in [3.8, 4) is 0 Å². The van der Waals surface area contributed by atoms with Crippen LogP contribution in [0.3, 0.4) is 0 Å². The smallest absolute Gasteiger partial charge is 0.416 e. The summed E-state index contributed by atoms with van der Waals surface area (Å²) in [4.78, 5) is 25.7. The van der Waals surface area contributed by atoms with Crippen molar-refractivity contribution < 1.29 is 50.1 Å². The molecule has 0 aliphatic carbocycles. The van der Waals surface area contributed by atoms with Crippen LogP contribution in [0, 0.1) is 0 Å². The first-order valence-electron chi connectivity index (χ1n) is 13.0. The Morgan fingerprint density at radius 1 is 0.902 bits per heavy atom. The predicted molar refractivity (Wildman–Crippen MR) is 137 cm³/mol. The molecule has 1 fully saturated rings. The fraction of sp³-hybridized carbons (Fsp3) is 0.517. The summed E-state index contributed by atoms with van der Waals surface area (Å²) >= 11 is 0. The zero-order chi connectivity index (χ0) is 30.6. The van der Waals surface area contributed by atoms with Crippen LogP contribution in [0.1, 0.15) is 68.9 Å². The van der Waals surface area contributed by atoms with E-state index in [1.54, 1.807) is 43.9 Å². The predicted octanol–water partition coefficient (Wildman–Crippen LogP) is 7.31. The van der Waals surface area contributed by atoms with E-state index in [-0.39, 0.29) is 25.8 Å². The molecule has 12 heteroatoms. The zero-order valence-corrected chi connectivity index (χ0v) is 23.2. The van der Waals surface area contributed by atoms with E-state index in [1.807, 2.05) is 12.1 Å². The van der Waals surface area contributed by atoms with Gasteiger partial charge in [0.1, 0.15) is 18.3 Å². The number of hydrogen-bond acceptors (Lipinski definition) is 5. The number of ether oxygens (including phenoxy) is 3. The molecular weight excluding hydrogens is 556 g/mol. The van der Waals surface area contributed by atoms with E-state index in [4.69, 9.17) is 14.2 Å². The van der Waals surface area contributed by atoms with Gasteiger partial charge >= 0.3 is 24.4 Å². The molecule has 0 N–H and O–H groups in total. The number of rotatable bonds is 7. The van der Waals surface area contributed by atoms with E-state index in [2.05, 4.69) is 0 Å². The van der Waals surface area contributed by atoms with Gasteiger partial charge in [-0.1, -0.05) is 30.3 Å². The van der Waals surface area contributed by atoms with Crippen molar-refractivity contribution >= 4 is 12.1 Å². The van der Waals surface area contributed by atoms with Crippen LogP contribution in [-0.4, -0.2) is 48.9 Å². The van der Waals surface area contributed by atoms with Gasteiger partial charge in [0.25, 0.3) is 0 Å². The van der Waals surface area contributed by atoms with Crippen molar-refractivity contribution in [3.63, 3.8) is 0 Å². The number of nitrogens with zero attached hydrogens (tertiary/aromatic N) is 1. The van der Waals surface area contributed by atoms with Crippen LogP contribution < -0.4 is 0 Å². The Labute approximate surface area is 234 Å². The van der Waals surface area contributed by atoms with Crippen LogP contribution >= 0.6 is 0 Å². The minimum Gasteiger partial charge on any atom is -0.463 e. The number of carbonyl (C=O) groups is 2. The highest BCUT2D eigenvalue weighted by molar-refractivity contribution is 5.68. The fourth-order valence-electron chi connectivity index (χ4n) is 4.61. The molecule has 0 saturated carbocycles. The molecule has 1 amide bonds. The third kappa shape index (κ3) is 8.85. The molecule has 2 aromatic rings. The molecule has 1 unspecified atom stereocenters. The van der Waals surface area contributed by atoms with E-state index < -0.39 is 64.8 Å². The van der Waals surface area contributed by atoms with Gasteiger partial charge in [-0.15, -0.1) is 0 Å². The number of hydrogen-bond donors (Lipinski definition) is 0. The van der Waals surface area contributed by atoms with Crippen molar-refractivity contribution in [1.82, 2.24) is 4.90 Å². The van der Waals surface area contributed by atoms with Crippen LogP contribution in [0.5, 0.6) is 0 Å². The van der Waals surface area contributed by atoms with Crippen LogP contribution in [0.2, 0.25) is 0 Å². The maximum absolute atomic E-state index is 13.5. The second-order valence-electron chi connectivity index (χ2n) is 11.1. The van der Waals surface area contributed by atoms with E-state index in [0.717, 1.165) is 12.5 Å². The van der Waals surface area contributed by atoms with Crippen LogP contribution in [0.25, 0.3) is 0 Å². The molecule has 1 heterocycles. The molecule has 1 aliphatic rings.